The molecule has 0 aromatic heterocycles. The molecule has 0 saturated heterocycles. The average Bonchev–Trinajstić information content (AvgIpc) is 2.29. The molecule has 1 rings (SSSR count). The molecule has 0 bridgehead atoms. The third kappa shape index (κ3) is 5.40. The molecule has 92 valence electrons. The molecular formula is C12H14O4S. The van der Waals surface area contributed by atoms with Crippen molar-refractivity contribution in [1.29, 1.82) is 0 Å². The van der Waals surface area contributed by atoms with Crippen LogP contribution in [-0.4, -0.2) is 23.6 Å². The number of thioether (sulfide) groups is 1. The van der Waals surface area contributed by atoms with Crippen molar-refractivity contribution >= 4 is 23.5 Å². The Bertz CT molecular complexity index is 386. The number of rotatable bonds is 6. The lowest BCUT2D eigenvalue weighted by Gasteiger charge is -2.06. The topological polar surface area (TPSA) is 52.6 Å². The van der Waals surface area contributed by atoms with Crippen molar-refractivity contribution in [2.45, 2.75) is 13.8 Å². The number of carbonyl (C=O) groups excluding carboxylic acids is 2. The minimum Gasteiger partial charge on any atom is -0.483 e. The Morgan fingerprint density at radius 3 is 2.29 bits per heavy atom. The first kappa shape index (κ1) is 13.6. The number of ether oxygens (including phenoxy) is 2. The third-order valence-corrected chi connectivity index (χ3v) is 2.48. The van der Waals surface area contributed by atoms with Crippen molar-refractivity contribution < 1.29 is 19.1 Å². The summed E-state index contributed by atoms with van der Waals surface area (Å²) in [5.74, 6) is 1.09. The molecule has 0 N–H and O–H groups in total. The first-order valence-corrected chi connectivity index (χ1v) is 6.20. The van der Waals surface area contributed by atoms with Gasteiger partial charge in [0.25, 0.3) is 0 Å². The zero-order valence-electron chi connectivity index (χ0n) is 9.76. The van der Waals surface area contributed by atoms with Crippen LogP contribution in [0.2, 0.25) is 0 Å². The maximum Gasteiger partial charge on any atom is 0.303 e. The summed E-state index contributed by atoms with van der Waals surface area (Å²) in [6.07, 6.45) is 0. The van der Waals surface area contributed by atoms with E-state index in [-0.39, 0.29) is 17.7 Å². The van der Waals surface area contributed by atoms with Crippen molar-refractivity contribution in [3.8, 4) is 5.75 Å². The quantitative estimate of drug-likeness (QED) is 0.338. The average molecular weight is 254 g/mol. The van der Waals surface area contributed by atoms with Crippen LogP contribution in [0.4, 0.5) is 0 Å². The first-order chi connectivity index (χ1) is 8.09. The molecular weight excluding hydrogens is 240 g/mol. The minimum absolute atomic E-state index is 0.0285. The standard InChI is InChI=1S/C12H14O4S/c1-9(13)11-3-5-12(6-4-11)16-8-17-7-15-10(2)14/h3-6H,7-8H2,1-2H3. The van der Waals surface area contributed by atoms with Gasteiger partial charge in [0, 0.05) is 12.5 Å². The second-order valence-corrected chi connectivity index (χ2v) is 4.18. The highest BCUT2D eigenvalue weighted by Gasteiger charge is 1.99. The van der Waals surface area contributed by atoms with E-state index in [1.54, 1.807) is 24.3 Å². The summed E-state index contributed by atoms with van der Waals surface area (Å²) in [5, 5.41) is 0. The van der Waals surface area contributed by atoms with Gasteiger partial charge in [-0.15, -0.1) is 0 Å². The number of esters is 1. The predicted molar refractivity (Wildman–Crippen MR) is 66.2 cm³/mol. The molecule has 0 unspecified atom stereocenters. The molecule has 0 atom stereocenters. The number of hydrogen-bond donors (Lipinski definition) is 0. The van der Waals surface area contributed by atoms with E-state index in [9.17, 15) is 9.59 Å². The van der Waals surface area contributed by atoms with Gasteiger partial charge >= 0.3 is 5.97 Å². The first-order valence-electron chi connectivity index (χ1n) is 5.04. The van der Waals surface area contributed by atoms with Crippen LogP contribution in [0.1, 0.15) is 24.2 Å². The highest BCUT2D eigenvalue weighted by Crippen LogP contribution is 2.14. The van der Waals surface area contributed by atoms with Crippen LogP contribution in [0.15, 0.2) is 24.3 Å². The summed E-state index contributed by atoms with van der Waals surface area (Å²) in [6, 6.07) is 6.91. The number of Topliss-reactive ketones (excluding diaryl/α,β-unsaturated/α-hetero) is 1. The fourth-order valence-electron chi connectivity index (χ4n) is 1.05. The van der Waals surface area contributed by atoms with Crippen molar-refractivity contribution in [2.24, 2.45) is 0 Å². The van der Waals surface area contributed by atoms with Crippen LogP contribution in [0.25, 0.3) is 0 Å². The van der Waals surface area contributed by atoms with Crippen molar-refractivity contribution in [2.75, 3.05) is 11.9 Å². The summed E-state index contributed by atoms with van der Waals surface area (Å²) in [6.45, 7) is 2.88. The summed E-state index contributed by atoms with van der Waals surface area (Å²) < 4.78 is 10.1. The van der Waals surface area contributed by atoms with Crippen LogP contribution < -0.4 is 4.74 Å². The highest BCUT2D eigenvalue weighted by molar-refractivity contribution is 7.99. The summed E-state index contributed by atoms with van der Waals surface area (Å²) >= 11 is 1.35. The lowest BCUT2D eigenvalue weighted by molar-refractivity contribution is -0.138. The molecule has 0 aliphatic carbocycles. The van der Waals surface area contributed by atoms with Gasteiger partial charge in [-0.05, 0) is 31.2 Å². The fourth-order valence-corrected chi connectivity index (χ4v) is 1.59. The van der Waals surface area contributed by atoms with E-state index >= 15 is 0 Å². The van der Waals surface area contributed by atoms with Crippen molar-refractivity contribution in [3.05, 3.63) is 29.8 Å². The molecule has 0 amide bonds. The Hall–Kier alpha value is -1.49. The maximum absolute atomic E-state index is 11.0. The molecule has 0 aliphatic rings. The maximum atomic E-state index is 11.0. The molecule has 17 heavy (non-hydrogen) atoms. The van der Waals surface area contributed by atoms with Gasteiger partial charge < -0.3 is 9.47 Å². The Morgan fingerprint density at radius 2 is 1.76 bits per heavy atom. The molecule has 0 aliphatic heterocycles. The monoisotopic (exact) mass is 254 g/mol. The van der Waals surface area contributed by atoms with Crippen molar-refractivity contribution in [1.82, 2.24) is 0 Å². The second kappa shape index (κ2) is 6.96. The minimum atomic E-state index is -0.302. The van der Waals surface area contributed by atoms with Crippen LogP contribution in [0.5, 0.6) is 5.75 Å². The number of carbonyl (C=O) groups is 2. The molecule has 4 nitrogen and oxygen atoms in total. The van der Waals surface area contributed by atoms with Crippen molar-refractivity contribution in [3.63, 3.8) is 0 Å². The normalized spacial score (nSPS) is 9.76. The SMILES string of the molecule is CC(=O)OCSCOc1ccc(C(C)=O)cc1. The number of hydrogen-bond acceptors (Lipinski definition) is 5. The van der Waals surface area contributed by atoms with Gasteiger partial charge in [0.15, 0.2) is 5.78 Å². The zero-order valence-corrected chi connectivity index (χ0v) is 10.6. The zero-order chi connectivity index (χ0) is 12.7. The number of benzene rings is 1. The van der Waals surface area contributed by atoms with E-state index in [0.717, 1.165) is 0 Å². The van der Waals surface area contributed by atoms with Crippen LogP contribution in [-0.2, 0) is 9.53 Å². The molecule has 0 spiro atoms. The molecule has 0 radical (unpaired) electrons. The summed E-state index contributed by atoms with van der Waals surface area (Å²) in [7, 11) is 0. The smallest absolute Gasteiger partial charge is 0.303 e. The molecule has 5 heteroatoms. The van der Waals surface area contributed by atoms with E-state index in [1.807, 2.05) is 0 Å². The van der Waals surface area contributed by atoms with Gasteiger partial charge in [-0.25, -0.2) is 0 Å². The van der Waals surface area contributed by atoms with Gasteiger partial charge in [-0.3, -0.25) is 9.59 Å². The molecule has 1 aromatic carbocycles. The second-order valence-electron chi connectivity index (χ2n) is 3.30. The van der Waals surface area contributed by atoms with Crippen LogP contribution in [0.3, 0.4) is 0 Å². The van der Waals surface area contributed by atoms with E-state index in [4.69, 9.17) is 9.47 Å². The molecule has 0 saturated carbocycles. The molecule has 1 aromatic rings. The predicted octanol–water partition coefficient (Wildman–Crippen LogP) is 2.48. The number of ketones is 1. The largest absolute Gasteiger partial charge is 0.483 e. The van der Waals surface area contributed by atoms with Gasteiger partial charge in [-0.2, -0.15) is 0 Å². The lowest BCUT2D eigenvalue weighted by atomic mass is 10.1. The van der Waals surface area contributed by atoms with Gasteiger partial charge in [-0.1, -0.05) is 11.8 Å². The molecule has 0 heterocycles. The summed E-state index contributed by atoms with van der Waals surface area (Å²) in [4.78, 5) is 21.5. The highest BCUT2D eigenvalue weighted by atomic mass is 32.2. The van der Waals surface area contributed by atoms with Crippen LogP contribution in [0, 0.1) is 0 Å². The van der Waals surface area contributed by atoms with Crippen LogP contribution >= 0.6 is 11.8 Å². The Balaban J connectivity index is 2.27. The van der Waals surface area contributed by atoms with Gasteiger partial charge in [0.2, 0.25) is 0 Å². The Labute approximate surface area is 104 Å². The fraction of sp³-hybridized carbons (Fsp3) is 0.333. The van der Waals surface area contributed by atoms with Gasteiger partial charge in [0.1, 0.15) is 17.6 Å². The van der Waals surface area contributed by atoms with E-state index in [1.165, 1.54) is 25.6 Å². The lowest BCUT2D eigenvalue weighted by Crippen LogP contribution is -2.00. The van der Waals surface area contributed by atoms with E-state index in [2.05, 4.69) is 0 Å². The van der Waals surface area contributed by atoms with E-state index < -0.39 is 0 Å². The van der Waals surface area contributed by atoms with E-state index in [0.29, 0.717) is 17.3 Å². The molecule has 0 fully saturated rings. The third-order valence-electron chi connectivity index (χ3n) is 1.92. The summed E-state index contributed by atoms with van der Waals surface area (Å²) in [5.41, 5.74) is 0.657. The Morgan fingerprint density at radius 1 is 1.12 bits per heavy atom. The van der Waals surface area contributed by atoms with Gasteiger partial charge in [0.05, 0.1) is 0 Å². The Kier molecular flexibility index (Phi) is 5.56.